The van der Waals surface area contributed by atoms with Crippen molar-refractivity contribution in [1.82, 2.24) is 0 Å². The van der Waals surface area contributed by atoms with E-state index in [1.807, 2.05) is 13.0 Å². The highest BCUT2D eigenvalue weighted by atomic mass is 16.5. The van der Waals surface area contributed by atoms with Crippen molar-refractivity contribution in [3.63, 3.8) is 0 Å². The highest BCUT2D eigenvalue weighted by Gasteiger charge is 2.22. The van der Waals surface area contributed by atoms with Crippen LogP contribution in [0.4, 0.5) is 11.4 Å². The third kappa shape index (κ3) is 4.76. The zero-order chi connectivity index (χ0) is 19.9. The summed E-state index contributed by atoms with van der Waals surface area (Å²) in [6.07, 6.45) is 3.18. The topological polar surface area (TPSA) is 75.7 Å². The number of rotatable bonds is 7. The largest absolute Gasteiger partial charge is 0.462 e. The quantitative estimate of drug-likeness (QED) is 0.581. The van der Waals surface area contributed by atoms with Crippen LogP contribution in [0.25, 0.3) is 0 Å². The molecule has 2 aromatic carbocycles. The summed E-state index contributed by atoms with van der Waals surface area (Å²) in [6, 6.07) is 13.6. The van der Waals surface area contributed by atoms with Crippen LogP contribution >= 0.6 is 0 Å². The summed E-state index contributed by atoms with van der Waals surface area (Å²) in [7, 11) is 0. The highest BCUT2D eigenvalue weighted by Crippen LogP contribution is 2.23. The first-order chi connectivity index (χ1) is 13.6. The maximum absolute atomic E-state index is 12.5. The molecule has 6 nitrogen and oxygen atoms in total. The molecule has 0 saturated carbocycles. The van der Waals surface area contributed by atoms with E-state index in [2.05, 4.69) is 5.32 Å². The number of hydrogen-bond donors (Lipinski definition) is 1. The van der Waals surface area contributed by atoms with Crippen LogP contribution in [0.2, 0.25) is 0 Å². The molecule has 3 rings (SSSR count). The number of esters is 1. The summed E-state index contributed by atoms with van der Waals surface area (Å²) < 4.78 is 5.17. The number of nitrogens with one attached hydrogen (secondary N) is 1. The molecule has 146 valence electrons. The highest BCUT2D eigenvalue weighted by molar-refractivity contribution is 6.06. The average Bonchev–Trinajstić information content (AvgIpc) is 3.14. The van der Waals surface area contributed by atoms with Crippen molar-refractivity contribution in [3.8, 4) is 0 Å². The molecule has 0 spiro atoms. The van der Waals surface area contributed by atoms with Gasteiger partial charge in [-0.1, -0.05) is 19.4 Å². The van der Waals surface area contributed by atoms with E-state index in [-0.39, 0.29) is 17.8 Å². The molecule has 2 amide bonds. The minimum Gasteiger partial charge on any atom is -0.462 e. The minimum absolute atomic E-state index is 0.0824. The van der Waals surface area contributed by atoms with Gasteiger partial charge in [-0.25, -0.2) is 4.79 Å². The summed E-state index contributed by atoms with van der Waals surface area (Å²) in [5.41, 5.74) is 2.24. The molecule has 1 fully saturated rings. The first kappa shape index (κ1) is 19.6. The van der Waals surface area contributed by atoms with E-state index >= 15 is 0 Å². The Kier molecular flexibility index (Phi) is 6.42. The van der Waals surface area contributed by atoms with E-state index in [4.69, 9.17) is 4.74 Å². The van der Waals surface area contributed by atoms with Crippen molar-refractivity contribution in [1.29, 1.82) is 0 Å². The molecule has 1 aliphatic heterocycles. The van der Waals surface area contributed by atoms with Gasteiger partial charge >= 0.3 is 5.97 Å². The van der Waals surface area contributed by atoms with Crippen LogP contribution in [-0.2, 0) is 9.53 Å². The number of hydrogen-bond acceptors (Lipinski definition) is 4. The lowest BCUT2D eigenvalue weighted by molar-refractivity contribution is -0.117. The molecule has 0 unspecified atom stereocenters. The van der Waals surface area contributed by atoms with Gasteiger partial charge in [0.1, 0.15) is 0 Å². The number of amides is 2. The maximum Gasteiger partial charge on any atom is 0.338 e. The molecule has 1 heterocycles. The van der Waals surface area contributed by atoms with Crippen molar-refractivity contribution >= 4 is 29.2 Å². The van der Waals surface area contributed by atoms with Crippen LogP contribution in [0.5, 0.6) is 0 Å². The number of carbonyl (C=O) groups is 3. The molecule has 2 aromatic rings. The fourth-order valence-electron chi connectivity index (χ4n) is 3.02. The summed E-state index contributed by atoms with van der Waals surface area (Å²) >= 11 is 0. The van der Waals surface area contributed by atoms with Crippen LogP contribution < -0.4 is 10.2 Å². The third-order valence-electron chi connectivity index (χ3n) is 4.60. The second kappa shape index (κ2) is 9.17. The normalized spacial score (nSPS) is 13.5. The number of benzene rings is 2. The fourth-order valence-corrected chi connectivity index (χ4v) is 3.02. The second-order valence-corrected chi connectivity index (χ2v) is 6.72. The van der Waals surface area contributed by atoms with Gasteiger partial charge in [0.2, 0.25) is 5.91 Å². The van der Waals surface area contributed by atoms with Gasteiger partial charge in [-0.15, -0.1) is 0 Å². The molecule has 1 N–H and O–H groups in total. The Labute approximate surface area is 164 Å². The van der Waals surface area contributed by atoms with Gasteiger partial charge < -0.3 is 15.0 Å². The van der Waals surface area contributed by atoms with Gasteiger partial charge in [-0.3, -0.25) is 9.59 Å². The predicted molar refractivity (Wildman–Crippen MR) is 108 cm³/mol. The number of nitrogens with zero attached hydrogens (tertiary/aromatic N) is 1. The molecule has 6 heteroatoms. The number of unbranched alkanes of at least 4 members (excludes halogenated alkanes) is 1. The molecule has 1 aliphatic rings. The van der Waals surface area contributed by atoms with E-state index in [0.29, 0.717) is 36.4 Å². The Morgan fingerprint density at radius 2 is 1.89 bits per heavy atom. The zero-order valence-electron chi connectivity index (χ0n) is 15.9. The van der Waals surface area contributed by atoms with Crippen LogP contribution in [0.3, 0.4) is 0 Å². The molecular formula is C22H24N2O4. The molecule has 0 bridgehead atoms. The average molecular weight is 380 g/mol. The number of ether oxygens (including phenoxy) is 1. The lowest BCUT2D eigenvalue weighted by atomic mass is 10.1. The summed E-state index contributed by atoms with van der Waals surface area (Å²) in [5.74, 6) is -0.556. The number of carbonyl (C=O) groups excluding carboxylic acids is 3. The molecule has 0 atom stereocenters. The lowest BCUT2D eigenvalue weighted by Gasteiger charge is -2.16. The van der Waals surface area contributed by atoms with Gasteiger partial charge in [-0.2, -0.15) is 0 Å². The van der Waals surface area contributed by atoms with Crippen molar-refractivity contribution in [2.24, 2.45) is 0 Å². The van der Waals surface area contributed by atoms with Crippen LogP contribution in [-0.4, -0.2) is 30.9 Å². The lowest BCUT2D eigenvalue weighted by Crippen LogP contribution is -2.24. The van der Waals surface area contributed by atoms with Crippen molar-refractivity contribution < 1.29 is 19.1 Å². The van der Waals surface area contributed by atoms with Gasteiger partial charge in [0, 0.05) is 29.9 Å². The zero-order valence-corrected chi connectivity index (χ0v) is 15.9. The Morgan fingerprint density at radius 3 is 2.57 bits per heavy atom. The fraction of sp³-hybridized carbons (Fsp3) is 0.318. The summed E-state index contributed by atoms with van der Waals surface area (Å²) in [5, 5.41) is 2.81. The Balaban J connectivity index is 1.63. The smallest absolute Gasteiger partial charge is 0.338 e. The van der Waals surface area contributed by atoms with Crippen LogP contribution in [0.15, 0.2) is 48.5 Å². The van der Waals surface area contributed by atoms with Crippen LogP contribution in [0.1, 0.15) is 53.3 Å². The van der Waals surface area contributed by atoms with Gasteiger partial charge in [0.05, 0.1) is 12.2 Å². The second-order valence-electron chi connectivity index (χ2n) is 6.72. The molecule has 0 aliphatic carbocycles. The van der Waals surface area contributed by atoms with E-state index in [1.54, 1.807) is 47.4 Å². The molecule has 28 heavy (non-hydrogen) atoms. The Hall–Kier alpha value is -3.15. The third-order valence-corrected chi connectivity index (χ3v) is 4.60. The molecular weight excluding hydrogens is 356 g/mol. The molecule has 0 radical (unpaired) electrons. The Morgan fingerprint density at radius 1 is 1.11 bits per heavy atom. The van der Waals surface area contributed by atoms with Crippen molar-refractivity contribution in [2.75, 3.05) is 23.4 Å². The molecule has 0 aromatic heterocycles. The van der Waals surface area contributed by atoms with E-state index in [1.165, 1.54) is 0 Å². The predicted octanol–water partition coefficient (Wildman–Crippen LogP) is 4.02. The van der Waals surface area contributed by atoms with Gasteiger partial charge in [0.25, 0.3) is 5.91 Å². The minimum atomic E-state index is -0.366. The monoisotopic (exact) mass is 380 g/mol. The van der Waals surface area contributed by atoms with Gasteiger partial charge in [0.15, 0.2) is 0 Å². The van der Waals surface area contributed by atoms with Crippen LogP contribution in [0, 0.1) is 0 Å². The first-order valence-electron chi connectivity index (χ1n) is 9.57. The summed E-state index contributed by atoms with van der Waals surface area (Å²) in [6.45, 7) is 3.12. The van der Waals surface area contributed by atoms with Crippen molar-refractivity contribution in [2.45, 2.75) is 32.6 Å². The Bertz CT molecular complexity index is 861. The first-order valence-corrected chi connectivity index (χ1v) is 9.57. The number of anilines is 2. The summed E-state index contributed by atoms with van der Waals surface area (Å²) in [4.78, 5) is 38.1. The standard InChI is InChI=1S/C22H24N2O4/c1-2-3-14-28-22(27)16-9-11-18(12-10-16)23-21(26)17-6-4-7-19(15-17)24-13-5-8-20(24)25/h4,6-7,9-12,15H,2-3,5,8,13-14H2,1H3,(H,23,26). The van der Waals surface area contributed by atoms with Crippen molar-refractivity contribution in [3.05, 3.63) is 59.7 Å². The van der Waals surface area contributed by atoms with E-state index < -0.39 is 0 Å². The van der Waals surface area contributed by atoms with E-state index in [0.717, 1.165) is 24.9 Å². The van der Waals surface area contributed by atoms with E-state index in [9.17, 15) is 14.4 Å². The SMILES string of the molecule is CCCCOC(=O)c1ccc(NC(=O)c2cccc(N3CCCC3=O)c2)cc1. The maximum atomic E-state index is 12.5. The van der Waals surface area contributed by atoms with Gasteiger partial charge in [-0.05, 0) is 55.3 Å². The molecule has 1 saturated heterocycles.